The standard InChI is InChI=1S/C91H172N24/c1-31-37-45-110(65-53-80(7,8)103-81(9,10)54-65)74-94-71(95-75(100-74)111(46-38-32-2)66-55-82(11,12)104-83(13,14)56-66)92-43-51-109(73-98-78(114(49-41-35-5)69-61-88(23,24)107-89(25,26)62-69)102-79(99-73)115(50-42-36-6)70-63-90(27,28)108-91(29,30)64-70)52-44-93-72-96-76(112(47-39-33-3)67-57-84(15,16)105-85(17,18)58-67)101-77(97-72)113(48-40-34-4)68-59-86(19,20)106-87(21,22)60-68/h65-70,103-108H,31-64H2,1-30H3,(H,92,94,95,100)(H,93,96,97,101). The second-order valence-electron chi connectivity index (χ2n) is 44.6. The topological polar surface area (TPSA) is 235 Å². The van der Waals surface area contributed by atoms with Crippen molar-refractivity contribution in [3.05, 3.63) is 0 Å². The van der Waals surface area contributed by atoms with Gasteiger partial charge >= 0.3 is 0 Å². The summed E-state index contributed by atoms with van der Waals surface area (Å²) >= 11 is 0. The van der Waals surface area contributed by atoms with Gasteiger partial charge in [-0.15, -0.1) is 0 Å². The van der Waals surface area contributed by atoms with Gasteiger partial charge in [-0.1, -0.05) is 80.1 Å². The van der Waals surface area contributed by atoms with Crippen molar-refractivity contribution in [3.8, 4) is 0 Å². The molecule has 24 heteroatoms. The average molecular weight is 1600 g/mol. The number of rotatable bonds is 39. The van der Waals surface area contributed by atoms with Crippen molar-refractivity contribution in [2.24, 2.45) is 0 Å². The summed E-state index contributed by atoms with van der Waals surface area (Å²) in [6, 6.07) is 1.17. The SMILES string of the molecule is CCCCN(c1nc(NCCN(CCNc2nc(N(CCCC)C3CC(C)(C)NC(C)(C)C3)nc(N(CCCC)C3CC(C)(C)NC(C)(C)C3)n2)c2nc(N(CCCC)C3CC(C)(C)NC(C)(C)C3)nc(N(CCCC)C3CC(C)(C)NC(C)(C)C3)n2)nc(N(CCCC)C2CC(C)(C)NC(C)(C)C2)n1)C1CC(C)(C)NC(C)(C)C1. The molecular weight excluding hydrogens is 1430 g/mol. The van der Waals surface area contributed by atoms with Crippen molar-refractivity contribution in [1.82, 2.24) is 76.8 Å². The van der Waals surface area contributed by atoms with Crippen LogP contribution in [0.15, 0.2) is 0 Å². The van der Waals surface area contributed by atoms with Crippen LogP contribution in [0.25, 0.3) is 0 Å². The molecule has 0 unspecified atom stereocenters. The van der Waals surface area contributed by atoms with Crippen molar-refractivity contribution < 1.29 is 0 Å². The van der Waals surface area contributed by atoms with Gasteiger partial charge in [0.05, 0.1) is 0 Å². The lowest BCUT2D eigenvalue weighted by atomic mass is 9.79. The molecule has 0 saturated carbocycles. The van der Waals surface area contributed by atoms with Gasteiger partial charge in [-0.3, -0.25) is 0 Å². The lowest BCUT2D eigenvalue weighted by Crippen LogP contribution is -2.63. The summed E-state index contributed by atoms with van der Waals surface area (Å²) in [5.74, 6) is 6.38. The zero-order chi connectivity index (χ0) is 84.8. The van der Waals surface area contributed by atoms with E-state index in [0.717, 1.165) is 229 Å². The van der Waals surface area contributed by atoms with Crippen molar-refractivity contribution in [2.75, 3.05) is 110 Å². The molecule has 656 valence electrons. The highest BCUT2D eigenvalue weighted by atomic mass is 15.4. The predicted octanol–water partition coefficient (Wildman–Crippen LogP) is 16.8. The Morgan fingerprint density at radius 3 is 0.530 bits per heavy atom. The normalized spacial score (nSPS) is 22.9. The van der Waals surface area contributed by atoms with Crippen LogP contribution in [-0.2, 0) is 0 Å². The first kappa shape index (κ1) is 93.9. The molecule has 9 rings (SSSR count). The van der Waals surface area contributed by atoms with Crippen molar-refractivity contribution in [1.29, 1.82) is 0 Å². The number of nitrogens with one attached hydrogen (secondary N) is 8. The van der Waals surface area contributed by atoms with Gasteiger partial charge in [-0.05, 0) is 282 Å². The largest absolute Gasteiger partial charge is 0.352 e. The van der Waals surface area contributed by atoms with Gasteiger partial charge in [0.25, 0.3) is 0 Å². The lowest BCUT2D eigenvalue weighted by molar-refractivity contribution is 0.156. The Balaban J connectivity index is 1.24. The quantitative estimate of drug-likeness (QED) is 0.0265. The Bertz CT molecular complexity index is 3090. The van der Waals surface area contributed by atoms with E-state index >= 15 is 0 Å². The second-order valence-corrected chi connectivity index (χ2v) is 44.6. The third-order valence-corrected chi connectivity index (χ3v) is 25.1. The fourth-order valence-corrected chi connectivity index (χ4v) is 22.6. The Hall–Kier alpha value is -5.01. The predicted molar refractivity (Wildman–Crippen MR) is 488 cm³/mol. The third-order valence-electron chi connectivity index (χ3n) is 25.1. The fraction of sp³-hybridized carbons (Fsp3) is 0.901. The summed E-state index contributed by atoms with van der Waals surface area (Å²) in [6.45, 7) is 77.8. The number of anilines is 9. The molecule has 8 N–H and O–H groups in total. The molecule has 0 aliphatic carbocycles. The molecule has 6 aliphatic heterocycles. The Labute approximate surface area is 701 Å². The average Bonchev–Trinajstić information content (AvgIpc) is 0.866. The molecule has 0 amide bonds. The van der Waals surface area contributed by atoms with E-state index in [4.69, 9.17) is 44.9 Å². The highest BCUT2D eigenvalue weighted by Crippen LogP contribution is 2.42. The van der Waals surface area contributed by atoms with Crippen LogP contribution in [0, 0.1) is 0 Å². The van der Waals surface area contributed by atoms with E-state index in [1.807, 2.05) is 0 Å². The van der Waals surface area contributed by atoms with Crippen molar-refractivity contribution in [2.45, 2.75) is 465 Å². The molecule has 115 heavy (non-hydrogen) atoms. The molecule has 3 aromatic rings. The molecule has 24 nitrogen and oxygen atoms in total. The van der Waals surface area contributed by atoms with E-state index in [9.17, 15) is 0 Å². The van der Waals surface area contributed by atoms with E-state index in [2.05, 4.69) is 285 Å². The van der Waals surface area contributed by atoms with Crippen LogP contribution in [0.1, 0.15) is 362 Å². The monoisotopic (exact) mass is 1600 g/mol. The number of piperidine rings is 6. The number of hydrogen-bond donors (Lipinski definition) is 8. The number of nitrogens with zero attached hydrogens (tertiary/aromatic N) is 16. The van der Waals surface area contributed by atoms with E-state index in [1.165, 1.54) is 0 Å². The summed E-state index contributed by atoms with van der Waals surface area (Å²) in [4.78, 5) is 69.7. The minimum atomic E-state index is -0.120. The van der Waals surface area contributed by atoms with Crippen molar-refractivity contribution >= 4 is 53.5 Å². The maximum atomic E-state index is 5.92. The number of unbranched alkanes of at least 4 members (excludes halogenated alkanes) is 6. The van der Waals surface area contributed by atoms with Gasteiger partial charge in [0.15, 0.2) is 0 Å². The third kappa shape index (κ3) is 27.0. The van der Waals surface area contributed by atoms with Gasteiger partial charge in [0.1, 0.15) is 0 Å². The van der Waals surface area contributed by atoms with Crippen LogP contribution in [0.3, 0.4) is 0 Å². The van der Waals surface area contributed by atoms with Crippen LogP contribution in [-0.4, -0.2) is 213 Å². The van der Waals surface area contributed by atoms with Crippen LogP contribution < -0.4 is 76.8 Å². The van der Waals surface area contributed by atoms with E-state index in [0.29, 0.717) is 44.0 Å². The van der Waals surface area contributed by atoms with Gasteiger partial charge in [-0.25, -0.2) is 0 Å². The molecule has 0 spiro atoms. The first-order valence-electron chi connectivity index (χ1n) is 46.3. The molecule has 6 saturated heterocycles. The highest BCUT2D eigenvalue weighted by Gasteiger charge is 2.48. The van der Waals surface area contributed by atoms with Crippen LogP contribution in [0.5, 0.6) is 0 Å². The number of aromatic nitrogens is 9. The van der Waals surface area contributed by atoms with E-state index < -0.39 is 0 Å². The van der Waals surface area contributed by atoms with Gasteiger partial charge < -0.3 is 76.8 Å². The molecular formula is C91H172N24. The molecule has 0 bridgehead atoms. The van der Waals surface area contributed by atoms with Gasteiger partial charge in [0.2, 0.25) is 53.5 Å². The molecule has 0 atom stereocenters. The lowest BCUT2D eigenvalue weighted by Gasteiger charge is -2.50. The maximum absolute atomic E-state index is 5.92. The minimum absolute atomic E-state index is 0.0937. The Morgan fingerprint density at radius 2 is 0.374 bits per heavy atom. The molecule has 0 aromatic carbocycles. The molecule has 9 heterocycles. The van der Waals surface area contributed by atoms with Crippen molar-refractivity contribution in [3.63, 3.8) is 0 Å². The first-order chi connectivity index (χ1) is 53.4. The maximum Gasteiger partial charge on any atom is 0.232 e. The molecule has 3 aromatic heterocycles. The van der Waals surface area contributed by atoms with Gasteiger partial charge in [0, 0.05) is 168 Å². The van der Waals surface area contributed by atoms with E-state index in [1.54, 1.807) is 0 Å². The summed E-state index contributed by atoms with van der Waals surface area (Å²) < 4.78 is 0. The summed E-state index contributed by atoms with van der Waals surface area (Å²) in [5.41, 5.74) is -1.23. The number of hydrogen-bond acceptors (Lipinski definition) is 24. The summed E-state index contributed by atoms with van der Waals surface area (Å²) in [7, 11) is 0. The summed E-state index contributed by atoms with van der Waals surface area (Å²) in [5, 5.41) is 32.1. The Morgan fingerprint density at radius 1 is 0.226 bits per heavy atom. The second kappa shape index (κ2) is 37.5. The minimum Gasteiger partial charge on any atom is -0.352 e. The van der Waals surface area contributed by atoms with E-state index in [-0.39, 0.29) is 103 Å². The molecule has 6 fully saturated rings. The molecule has 0 radical (unpaired) electrons. The summed E-state index contributed by atoms with van der Waals surface area (Å²) in [6.07, 6.45) is 24.1. The van der Waals surface area contributed by atoms with Crippen LogP contribution >= 0.6 is 0 Å². The molecule has 6 aliphatic rings. The highest BCUT2D eigenvalue weighted by molar-refractivity contribution is 5.52. The zero-order valence-electron chi connectivity index (χ0n) is 79.2. The van der Waals surface area contributed by atoms with Crippen LogP contribution in [0.4, 0.5) is 53.5 Å². The fourth-order valence-electron chi connectivity index (χ4n) is 22.6. The van der Waals surface area contributed by atoms with Crippen LogP contribution in [0.2, 0.25) is 0 Å². The van der Waals surface area contributed by atoms with Gasteiger partial charge in [-0.2, -0.15) is 44.9 Å². The zero-order valence-corrected chi connectivity index (χ0v) is 79.2. The first-order valence-corrected chi connectivity index (χ1v) is 46.3. The Kier molecular flexibility index (Phi) is 30.6. The smallest absolute Gasteiger partial charge is 0.232 e.